The molecule has 0 bridgehead atoms. The zero-order valence-corrected chi connectivity index (χ0v) is 39.9. The van der Waals surface area contributed by atoms with Gasteiger partial charge in [0.05, 0.1) is 48.2 Å². The van der Waals surface area contributed by atoms with Gasteiger partial charge in [-0.1, -0.05) is 57.0 Å². The molecule has 17 heteroatoms. The molecule has 1 aliphatic heterocycles. The van der Waals surface area contributed by atoms with Crippen molar-refractivity contribution in [1.29, 1.82) is 0 Å². The van der Waals surface area contributed by atoms with E-state index < -0.39 is 52.2 Å². The van der Waals surface area contributed by atoms with Crippen LogP contribution in [0.5, 0.6) is 11.5 Å². The second-order valence-corrected chi connectivity index (χ2v) is 19.0. The third-order valence-electron chi connectivity index (χ3n) is 13.5. The maximum atomic E-state index is 15.1. The number of nitrogens with zero attached hydrogens (tertiary/aromatic N) is 3. The van der Waals surface area contributed by atoms with Crippen LogP contribution < -0.4 is 20.3 Å². The Morgan fingerprint density at radius 1 is 0.643 bits per heavy atom. The number of benzene rings is 3. The molecule has 0 radical (unpaired) electrons. The highest BCUT2D eigenvalue weighted by atomic mass is 19.2. The van der Waals surface area contributed by atoms with Gasteiger partial charge in [0, 0.05) is 43.5 Å². The van der Waals surface area contributed by atoms with Crippen molar-refractivity contribution in [2.24, 2.45) is 17.8 Å². The van der Waals surface area contributed by atoms with E-state index in [0.29, 0.717) is 31.2 Å². The summed E-state index contributed by atoms with van der Waals surface area (Å²) in [5.74, 6) is -5.46. The second kappa shape index (κ2) is 21.7. The number of hydrogen-bond donors (Lipinski definition) is 0. The molecular formula is C53H59F4N3O10. The number of hydrogen-bond acceptors (Lipinski definition) is 10. The van der Waals surface area contributed by atoms with Gasteiger partial charge in [0.15, 0.2) is 23.1 Å². The molecule has 3 heterocycles. The van der Waals surface area contributed by atoms with Crippen LogP contribution >= 0.6 is 0 Å². The molecule has 1 amide bonds. The van der Waals surface area contributed by atoms with Gasteiger partial charge in [-0.15, -0.1) is 0 Å². The smallest absolute Gasteiger partial charge is 0.410 e. The molecule has 374 valence electrons. The minimum Gasteiger partial charge on any atom is -0.488 e. The SMILES string of the molecule is CCOC(=O)c1cn(C2CC2)c2c(OCC[C@@H]3CC[C@H](C)C3)c(F)c(F)cc2c1=O.CCOC(=O)c1cn(C2CC2)c2c(OCC[C@H]3C[C@@H](C)CN3C(=O)OCc3ccccc3)c(F)c(F)cc2c1=O. The van der Waals surface area contributed by atoms with Crippen molar-refractivity contribution in [3.63, 3.8) is 0 Å². The number of halogens is 4. The number of pyridine rings is 2. The zero-order chi connectivity index (χ0) is 49.8. The lowest BCUT2D eigenvalue weighted by Gasteiger charge is -2.24. The van der Waals surface area contributed by atoms with Crippen LogP contribution in [0.2, 0.25) is 0 Å². The van der Waals surface area contributed by atoms with Crippen LogP contribution in [-0.2, 0) is 20.8 Å². The van der Waals surface area contributed by atoms with Crippen LogP contribution in [0.15, 0.2) is 64.4 Å². The van der Waals surface area contributed by atoms with E-state index in [4.69, 9.17) is 23.7 Å². The first-order valence-electron chi connectivity index (χ1n) is 24.4. The summed E-state index contributed by atoms with van der Waals surface area (Å²) in [7, 11) is 0. The number of rotatable bonds is 16. The Kier molecular flexibility index (Phi) is 15.5. The highest BCUT2D eigenvalue weighted by Crippen LogP contribution is 2.43. The van der Waals surface area contributed by atoms with Crippen LogP contribution in [0, 0.1) is 41.0 Å². The zero-order valence-electron chi connectivity index (χ0n) is 39.9. The lowest BCUT2D eigenvalue weighted by Crippen LogP contribution is -2.37. The monoisotopic (exact) mass is 973 g/mol. The fourth-order valence-electron chi connectivity index (χ4n) is 9.78. The Morgan fingerprint density at radius 3 is 1.63 bits per heavy atom. The summed E-state index contributed by atoms with van der Waals surface area (Å²) in [6.07, 6.45) is 10.8. The van der Waals surface area contributed by atoms with E-state index in [1.807, 2.05) is 37.3 Å². The molecule has 4 atom stereocenters. The number of esters is 2. The predicted molar refractivity (Wildman–Crippen MR) is 252 cm³/mol. The molecule has 9 rings (SSSR count). The number of carbonyl (C=O) groups is 3. The molecule has 0 N–H and O–H groups in total. The van der Waals surface area contributed by atoms with Gasteiger partial charge in [-0.2, -0.15) is 8.78 Å². The van der Waals surface area contributed by atoms with Crippen molar-refractivity contribution >= 4 is 39.8 Å². The third-order valence-corrected chi connectivity index (χ3v) is 13.5. The topological polar surface area (TPSA) is 145 Å². The van der Waals surface area contributed by atoms with Crippen LogP contribution in [0.3, 0.4) is 0 Å². The molecule has 13 nitrogen and oxygen atoms in total. The van der Waals surface area contributed by atoms with Crippen molar-refractivity contribution in [2.75, 3.05) is 33.0 Å². The van der Waals surface area contributed by atoms with Gasteiger partial charge in [0.25, 0.3) is 0 Å². The van der Waals surface area contributed by atoms with Gasteiger partial charge in [0.2, 0.25) is 22.5 Å². The third kappa shape index (κ3) is 11.0. The van der Waals surface area contributed by atoms with E-state index in [9.17, 15) is 37.1 Å². The number of amides is 1. The first kappa shape index (κ1) is 50.0. The van der Waals surface area contributed by atoms with E-state index >= 15 is 4.39 Å². The largest absolute Gasteiger partial charge is 0.488 e. The average Bonchev–Trinajstić information content (AvgIpc) is 4.29. The summed E-state index contributed by atoms with van der Waals surface area (Å²) in [6.45, 7) is 8.62. The molecule has 3 aliphatic carbocycles. The number of carbonyl (C=O) groups excluding carboxylic acids is 3. The molecule has 4 fully saturated rings. The molecule has 5 aromatic rings. The normalized spacial score (nSPS) is 19.7. The summed E-state index contributed by atoms with van der Waals surface area (Å²) in [4.78, 5) is 65.2. The first-order valence-corrected chi connectivity index (χ1v) is 24.4. The Labute approximate surface area is 402 Å². The van der Waals surface area contributed by atoms with Gasteiger partial charge in [0.1, 0.15) is 17.7 Å². The van der Waals surface area contributed by atoms with E-state index in [1.165, 1.54) is 18.8 Å². The molecule has 2 aromatic heterocycles. The van der Waals surface area contributed by atoms with Gasteiger partial charge < -0.3 is 37.7 Å². The average molecular weight is 974 g/mol. The lowest BCUT2D eigenvalue weighted by molar-refractivity contribution is 0.0514. The van der Waals surface area contributed by atoms with Crippen LogP contribution in [-0.4, -0.2) is 71.1 Å². The molecule has 0 unspecified atom stereocenters. The molecule has 3 aromatic carbocycles. The lowest BCUT2D eigenvalue weighted by atomic mass is 10.0. The van der Waals surface area contributed by atoms with Gasteiger partial charge >= 0.3 is 18.0 Å². The van der Waals surface area contributed by atoms with Crippen LogP contribution in [0.4, 0.5) is 22.4 Å². The summed E-state index contributed by atoms with van der Waals surface area (Å²) in [5, 5.41) is -0.206. The van der Waals surface area contributed by atoms with E-state index in [0.717, 1.165) is 62.6 Å². The summed E-state index contributed by atoms with van der Waals surface area (Å²) in [5.41, 5.74) is -0.618. The molecule has 70 heavy (non-hydrogen) atoms. The quantitative estimate of drug-likeness (QED) is 0.0532. The minimum absolute atomic E-state index is 0.0177. The number of aromatic nitrogens is 2. The maximum absolute atomic E-state index is 15.1. The highest BCUT2D eigenvalue weighted by Gasteiger charge is 2.36. The fraction of sp³-hybridized carbons (Fsp3) is 0.491. The highest BCUT2D eigenvalue weighted by molar-refractivity contribution is 5.96. The van der Waals surface area contributed by atoms with Crippen molar-refractivity contribution in [3.05, 3.63) is 115 Å². The fourth-order valence-corrected chi connectivity index (χ4v) is 9.78. The number of fused-ring (bicyclic) bond motifs is 2. The second-order valence-electron chi connectivity index (χ2n) is 19.0. The van der Waals surface area contributed by atoms with Crippen molar-refractivity contribution in [2.45, 2.75) is 117 Å². The van der Waals surface area contributed by atoms with Crippen molar-refractivity contribution in [1.82, 2.24) is 14.0 Å². The molecular weight excluding hydrogens is 915 g/mol. The summed E-state index contributed by atoms with van der Waals surface area (Å²) >= 11 is 0. The van der Waals surface area contributed by atoms with Gasteiger partial charge in [-0.05, 0) is 94.2 Å². The van der Waals surface area contributed by atoms with E-state index in [2.05, 4.69) is 6.92 Å². The van der Waals surface area contributed by atoms with Crippen LogP contribution in [0.25, 0.3) is 21.8 Å². The van der Waals surface area contributed by atoms with Gasteiger partial charge in [-0.3, -0.25) is 9.59 Å². The van der Waals surface area contributed by atoms with Crippen LogP contribution in [0.1, 0.15) is 130 Å². The van der Waals surface area contributed by atoms with Crippen molar-refractivity contribution < 1.29 is 55.6 Å². The standard InChI is InChI=1S/C30H32F2N2O6.C23H27F2NO4/c1-3-38-29(36)23-16-33(20-9-10-20)26-22(27(23)35)14-24(31)25(32)28(26)39-12-11-21-13-18(2)15-34(21)30(37)40-17-19-7-5-4-6-8-19;1-3-29-23(28)17-12-26(15-6-7-15)20-16(21(17)27)11-18(24)19(25)22(20)30-9-8-14-5-4-13(2)10-14/h4-8,14,16,18,20-21H,3,9-13,15,17H2,1-2H3;11-15H,3-10H2,1-2H3/t18-,21+;13-,14-/m10/s1. The Balaban J connectivity index is 0.000000196. The van der Waals surface area contributed by atoms with E-state index in [1.54, 1.807) is 27.9 Å². The summed E-state index contributed by atoms with van der Waals surface area (Å²) in [6, 6.07) is 10.8. The Morgan fingerprint density at radius 2 is 1.16 bits per heavy atom. The molecule has 0 spiro atoms. The Hall–Kier alpha value is -6.39. The molecule has 1 saturated heterocycles. The first-order chi connectivity index (χ1) is 33.7. The number of ether oxygens (including phenoxy) is 5. The molecule has 4 aliphatic rings. The molecule has 3 saturated carbocycles. The number of likely N-dealkylation sites (tertiary alicyclic amines) is 1. The predicted octanol–water partition coefficient (Wildman–Crippen LogP) is 10.6. The maximum Gasteiger partial charge on any atom is 0.410 e. The minimum atomic E-state index is -1.25. The van der Waals surface area contributed by atoms with Gasteiger partial charge in [-0.25, -0.2) is 23.2 Å². The van der Waals surface area contributed by atoms with Crippen molar-refractivity contribution in [3.8, 4) is 11.5 Å². The Bertz CT molecular complexity index is 2880. The summed E-state index contributed by atoms with van der Waals surface area (Å²) < 4.78 is 89.4. The van der Waals surface area contributed by atoms with E-state index in [-0.39, 0.29) is 102 Å².